The van der Waals surface area contributed by atoms with Gasteiger partial charge in [0.05, 0.1) is 6.26 Å². The third-order valence-corrected chi connectivity index (χ3v) is 6.17. The van der Waals surface area contributed by atoms with E-state index in [-0.39, 0.29) is 30.6 Å². The Morgan fingerprint density at radius 2 is 1.79 bits per heavy atom. The molecule has 1 amide bonds. The summed E-state index contributed by atoms with van der Waals surface area (Å²) in [5, 5.41) is 2.99. The summed E-state index contributed by atoms with van der Waals surface area (Å²) in [5.41, 5.74) is 1.14. The molecule has 2 atom stereocenters. The average Bonchev–Trinajstić information content (AvgIpc) is 2.79. The van der Waals surface area contributed by atoms with Crippen molar-refractivity contribution < 1.29 is 17.9 Å². The number of aryl methyl sites for hydroxylation is 1. The van der Waals surface area contributed by atoms with Gasteiger partial charge in [0, 0.05) is 18.1 Å². The summed E-state index contributed by atoms with van der Waals surface area (Å²) in [6, 6.07) is 7.61. The first-order valence-electron chi connectivity index (χ1n) is 8.30. The van der Waals surface area contributed by atoms with Crippen LogP contribution in [-0.4, -0.2) is 49.6 Å². The van der Waals surface area contributed by atoms with E-state index >= 15 is 0 Å². The summed E-state index contributed by atoms with van der Waals surface area (Å²) in [4.78, 5) is 12.1. The maximum absolute atomic E-state index is 12.1. The van der Waals surface area contributed by atoms with Gasteiger partial charge >= 0.3 is 0 Å². The second-order valence-corrected chi connectivity index (χ2v) is 8.70. The van der Waals surface area contributed by atoms with E-state index in [1.165, 1.54) is 6.26 Å². The molecule has 6 nitrogen and oxygen atoms in total. The molecule has 2 aliphatic heterocycles. The Labute approximate surface area is 143 Å². The van der Waals surface area contributed by atoms with Crippen molar-refractivity contribution >= 4 is 15.9 Å². The van der Waals surface area contributed by atoms with Gasteiger partial charge in [-0.15, -0.1) is 0 Å². The quantitative estimate of drug-likeness (QED) is 0.870. The van der Waals surface area contributed by atoms with Crippen LogP contribution in [0.3, 0.4) is 0 Å². The fraction of sp³-hybridized carbons (Fsp3) is 0.588. The highest BCUT2D eigenvalue weighted by molar-refractivity contribution is 7.88. The van der Waals surface area contributed by atoms with Crippen LogP contribution < -0.4 is 10.1 Å². The van der Waals surface area contributed by atoms with E-state index in [4.69, 9.17) is 4.74 Å². The Hall–Kier alpha value is -1.60. The van der Waals surface area contributed by atoms with Gasteiger partial charge in [0.1, 0.15) is 5.75 Å². The zero-order valence-electron chi connectivity index (χ0n) is 14.1. The molecule has 0 radical (unpaired) electrons. The molecule has 2 aliphatic rings. The summed E-state index contributed by atoms with van der Waals surface area (Å²) >= 11 is 0. The van der Waals surface area contributed by atoms with E-state index in [1.807, 2.05) is 31.2 Å². The summed E-state index contributed by atoms with van der Waals surface area (Å²) in [5.74, 6) is 0.510. The number of sulfonamides is 1. The Bertz CT molecular complexity index is 688. The minimum absolute atomic E-state index is 0.0158. The smallest absolute Gasteiger partial charge is 0.258 e. The number of hydrogen-bond donors (Lipinski definition) is 1. The Balaban J connectivity index is 1.51. The Morgan fingerprint density at radius 3 is 2.33 bits per heavy atom. The first-order valence-corrected chi connectivity index (χ1v) is 10.1. The predicted molar refractivity (Wildman–Crippen MR) is 91.3 cm³/mol. The number of amides is 1. The van der Waals surface area contributed by atoms with Crippen LogP contribution in [0.2, 0.25) is 0 Å². The van der Waals surface area contributed by atoms with Gasteiger partial charge in [0.2, 0.25) is 10.0 Å². The third kappa shape index (κ3) is 3.89. The summed E-state index contributed by atoms with van der Waals surface area (Å²) in [6.07, 6.45) is 4.39. The average molecular weight is 352 g/mol. The van der Waals surface area contributed by atoms with Crippen LogP contribution in [0.15, 0.2) is 24.3 Å². The molecule has 0 spiro atoms. The lowest BCUT2D eigenvalue weighted by molar-refractivity contribution is -0.124. The molecule has 0 aromatic heterocycles. The number of carbonyl (C=O) groups is 1. The van der Waals surface area contributed by atoms with Gasteiger partial charge in [0.15, 0.2) is 6.61 Å². The van der Waals surface area contributed by atoms with Crippen LogP contribution in [0.4, 0.5) is 0 Å². The Kier molecular flexibility index (Phi) is 4.83. The SMILES string of the molecule is Cc1ccc(OCC(=O)NC2CC3CCC(C2)N3S(C)(=O)=O)cc1. The lowest BCUT2D eigenvalue weighted by atomic mass is 10.00. The van der Waals surface area contributed by atoms with Crippen LogP contribution in [0.5, 0.6) is 5.75 Å². The van der Waals surface area contributed by atoms with E-state index < -0.39 is 10.0 Å². The van der Waals surface area contributed by atoms with E-state index in [1.54, 1.807) is 4.31 Å². The number of rotatable bonds is 5. The lowest BCUT2D eigenvalue weighted by Crippen LogP contribution is -2.52. The highest BCUT2D eigenvalue weighted by Gasteiger charge is 2.45. The number of carbonyl (C=O) groups excluding carboxylic acids is 1. The van der Waals surface area contributed by atoms with Crippen molar-refractivity contribution in [1.29, 1.82) is 0 Å². The van der Waals surface area contributed by atoms with Crippen molar-refractivity contribution in [2.75, 3.05) is 12.9 Å². The topological polar surface area (TPSA) is 75.7 Å². The fourth-order valence-corrected chi connectivity index (χ4v) is 5.31. The summed E-state index contributed by atoms with van der Waals surface area (Å²) < 4.78 is 30.9. The number of piperidine rings is 1. The number of hydrogen-bond acceptors (Lipinski definition) is 4. The van der Waals surface area contributed by atoms with Crippen LogP contribution in [0.25, 0.3) is 0 Å². The lowest BCUT2D eigenvalue weighted by Gasteiger charge is -2.37. The van der Waals surface area contributed by atoms with Gasteiger partial charge in [-0.25, -0.2) is 8.42 Å². The zero-order valence-corrected chi connectivity index (χ0v) is 14.9. The first-order chi connectivity index (χ1) is 11.3. The first kappa shape index (κ1) is 17.2. The second-order valence-electron chi connectivity index (χ2n) is 6.82. The predicted octanol–water partition coefficient (Wildman–Crippen LogP) is 1.45. The van der Waals surface area contributed by atoms with Crippen molar-refractivity contribution in [3.8, 4) is 5.75 Å². The minimum Gasteiger partial charge on any atom is -0.484 e. The van der Waals surface area contributed by atoms with Gasteiger partial charge < -0.3 is 10.1 Å². The number of ether oxygens (including phenoxy) is 1. The van der Waals surface area contributed by atoms with Crippen LogP contribution in [0, 0.1) is 6.92 Å². The monoisotopic (exact) mass is 352 g/mol. The minimum atomic E-state index is -3.17. The molecule has 1 N–H and O–H groups in total. The highest BCUT2D eigenvalue weighted by Crippen LogP contribution is 2.37. The van der Waals surface area contributed by atoms with Crippen LogP contribution in [0.1, 0.15) is 31.2 Å². The van der Waals surface area contributed by atoms with Crippen molar-refractivity contribution in [1.82, 2.24) is 9.62 Å². The molecule has 24 heavy (non-hydrogen) atoms. The van der Waals surface area contributed by atoms with Gasteiger partial charge in [-0.05, 0) is 44.7 Å². The van der Waals surface area contributed by atoms with Crippen molar-refractivity contribution in [3.05, 3.63) is 29.8 Å². The van der Waals surface area contributed by atoms with E-state index in [2.05, 4.69) is 5.32 Å². The molecule has 132 valence electrons. The molecule has 0 aliphatic carbocycles. The van der Waals surface area contributed by atoms with Crippen molar-refractivity contribution in [2.45, 2.75) is 50.7 Å². The zero-order chi connectivity index (χ0) is 17.3. The molecule has 2 heterocycles. The van der Waals surface area contributed by atoms with Gasteiger partial charge in [-0.2, -0.15) is 4.31 Å². The van der Waals surface area contributed by atoms with Crippen molar-refractivity contribution in [2.24, 2.45) is 0 Å². The molecule has 2 bridgehead atoms. The van der Waals surface area contributed by atoms with E-state index in [9.17, 15) is 13.2 Å². The number of fused-ring (bicyclic) bond motifs is 2. The van der Waals surface area contributed by atoms with Crippen molar-refractivity contribution in [3.63, 3.8) is 0 Å². The molecule has 2 fully saturated rings. The van der Waals surface area contributed by atoms with E-state index in [0.717, 1.165) is 18.4 Å². The maximum Gasteiger partial charge on any atom is 0.258 e. The molecular weight excluding hydrogens is 328 g/mol. The number of nitrogens with one attached hydrogen (secondary N) is 1. The molecule has 0 saturated carbocycles. The number of nitrogens with zero attached hydrogens (tertiary/aromatic N) is 1. The molecular formula is C17H24N2O4S. The standard InChI is InChI=1S/C17H24N2O4S/c1-12-3-7-16(8-4-12)23-11-17(20)18-13-9-14-5-6-15(10-13)19(14)24(2,21)22/h3-4,7-8,13-15H,5-6,9-11H2,1-2H3,(H,18,20). The molecule has 7 heteroatoms. The van der Waals surface area contributed by atoms with Crippen LogP contribution in [-0.2, 0) is 14.8 Å². The van der Waals surface area contributed by atoms with Gasteiger partial charge in [0.25, 0.3) is 5.91 Å². The highest BCUT2D eigenvalue weighted by atomic mass is 32.2. The molecule has 2 saturated heterocycles. The van der Waals surface area contributed by atoms with Crippen LogP contribution >= 0.6 is 0 Å². The molecule has 1 aromatic carbocycles. The molecule has 1 aromatic rings. The van der Waals surface area contributed by atoms with Gasteiger partial charge in [-0.1, -0.05) is 17.7 Å². The Morgan fingerprint density at radius 1 is 1.21 bits per heavy atom. The third-order valence-electron chi connectivity index (χ3n) is 4.81. The largest absolute Gasteiger partial charge is 0.484 e. The summed E-state index contributed by atoms with van der Waals surface area (Å²) in [6.45, 7) is 1.97. The molecule has 3 rings (SSSR count). The second kappa shape index (κ2) is 6.72. The fourth-order valence-electron chi connectivity index (χ4n) is 3.85. The summed E-state index contributed by atoms with van der Waals surface area (Å²) in [7, 11) is -3.17. The normalized spacial score (nSPS) is 27.0. The number of benzene rings is 1. The maximum atomic E-state index is 12.1. The molecule has 2 unspecified atom stereocenters. The van der Waals surface area contributed by atoms with Gasteiger partial charge in [-0.3, -0.25) is 4.79 Å². The van der Waals surface area contributed by atoms with E-state index in [0.29, 0.717) is 18.6 Å².